The Morgan fingerprint density at radius 3 is 1.38 bits per heavy atom. The van der Waals surface area contributed by atoms with Gasteiger partial charge in [0, 0.05) is 0 Å². The molecular formula is C3H12AlCl3Sn. The Bertz CT molecular complexity index is 28.5. The van der Waals surface area contributed by atoms with Crippen molar-refractivity contribution in [2.24, 2.45) is 0 Å². The maximum Gasteiger partial charge on any atom is 0.187 e. The van der Waals surface area contributed by atoms with Crippen LogP contribution in [0.25, 0.3) is 0 Å². The molecule has 0 spiro atoms. The molecule has 0 N–H and O–H groups in total. The summed E-state index contributed by atoms with van der Waals surface area (Å²) in [6, 6.07) is 0. The van der Waals surface area contributed by atoms with Crippen LogP contribution in [0.3, 0.4) is 0 Å². The molecule has 0 rings (SSSR count). The molecule has 0 nitrogen and oxygen atoms in total. The van der Waals surface area contributed by atoms with Crippen molar-refractivity contribution in [3.63, 3.8) is 0 Å². The van der Waals surface area contributed by atoms with Gasteiger partial charge in [0.05, 0.1) is 0 Å². The SMILES string of the molecule is C=C[CH2][SnH].Cl.Cl.Cl.[AlH3]. The Morgan fingerprint density at radius 2 is 1.38 bits per heavy atom. The van der Waals surface area contributed by atoms with E-state index < -0.39 is 0 Å². The van der Waals surface area contributed by atoms with Crippen molar-refractivity contribution in [3.8, 4) is 0 Å². The van der Waals surface area contributed by atoms with Crippen LogP contribution in [0, 0.1) is 0 Å². The molecule has 0 saturated heterocycles. The number of halogens is 3. The third kappa shape index (κ3) is 44.2. The normalized spacial score (nSPS) is 3.12. The Kier molecular flexibility index (Phi) is 148. The summed E-state index contributed by atoms with van der Waals surface area (Å²) in [6.07, 6.45) is 1.93. The van der Waals surface area contributed by atoms with E-state index >= 15 is 0 Å². The van der Waals surface area contributed by atoms with Crippen molar-refractivity contribution in [1.29, 1.82) is 0 Å². The molecule has 5 heteroatoms. The summed E-state index contributed by atoms with van der Waals surface area (Å²) in [7, 11) is 0. The molecule has 0 aliphatic rings. The fraction of sp³-hybridized carbons (Fsp3) is 0.333. The molecule has 2 radical (unpaired) electrons. The van der Waals surface area contributed by atoms with E-state index in [4.69, 9.17) is 0 Å². The minimum Gasteiger partial charge on any atom is -0.147 e. The van der Waals surface area contributed by atoms with Crippen LogP contribution in [-0.2, 0) is 0 Å². The van der Waals surface area contributed by atoms with Crippen LogP contribution >= 0.6 is 37.2 Å². The molecule has 0 saturated carbocycles. The zero-order valence-electron chi connectivity index (χ0n) is 3.79. The van der Waals surface area contributed by atoms with Gasteiger partial charge in [-0.25, -0.2) is 0 Å². The first-order valence-electron chi connectivity index (χ1n) is 1.22. The first-order chi connectivity index (χ1) is 1.91. The summed E-state index contributed by atoms with van der Waals surface area (Å²) in [5, 5.41) is 0. The average Bonchev–Trinajstić information content (AvgIpc) is 1.37. The minimum atomic E-state index is 0. The van der Waals surface area contributed by atoms with Crippen molar-refractivity contribution >= 4 is 77.1 Å². The maximum absolute atomic E-state index is 3.51. The van der Waals surface area contributed by atoms with Gasteiger partial charge in [0.2, 0.25) is 0 Å². The molecule has 0 aliphatic carbocycles. The van der Waals surface area contributed by atoms with Crippen LogP contribution in [0.15, 0.2) is 12.7 Å². The van der Waals surface area contributed by atoms with Gasteiger partial charge < -0.3 is 0 Å². The van der Waals surface area contributed by atoms with Gasteiger partial charge in [0.25, 0.3) is 0 Å². The van der Waals surface area contributed by atoms with Gasteiger partial charge in [-0.3, -0.25) is 0 Å². The molecule has 0 aliphatic heterocycles. The second-order valence-corrected chi connectivity index (χ2v) is 1.87. The summed E-state index contributed by atoms with van der Waals surface area (Å²) in [4.78, 5) is 0. The Hall–Kier alpha value is 1.94. The second kappa shape index (κ2) is 36.3. The van der Waals surface area contributed by atoms with E-state index in [2.05, 4.69) is 6.58 Å². The average molecular weight is 300 g/mol. The maximum atomic E-state index is 3.51. The van der Waals surface area contributed by atoms with Crippen LogP contribution in [0.5, 0.6) is 0 Å². The molecule has 0 heterocycles. The van der Waals surface area contributed by atoms with E-state index in [1.165, 1.54) is 27.0 Å². The van der Waals surface area contributed by atoms with E-state index in [1.807, 2.05) is 6.08 Å². The fourth-order valence-electron chi connectivity index (χ4n) is 0. The van der Waals surface area contributed by atoms with Crippen LogP contribution in [0.1, 0.15) is 0 Å². The van der Waals surface area contributed by atoms with Gasteiger partial charge in [0.1, 0.15) is 0 Å². The van der Waals surface area contributed by atoms with Gasteiger partial charge in [-0.2, -0.15) is 0 Å². The summed E-state index contributed by atoms with van der Waals surface area (Å²) in [5.74, 6) is 0. The fourth-order valence-corrected chi connectivity index (χ4v) is 0. The summed E-state index contributed by atoms with van der Waals surface area (Å²) < 4.78 is 1.21. The number of allylic oxidation sites excluding steroid dienone is 1. The Labute approximate surface area is 93.3 Å². The molecular weight excluding hydrogens is 288 g/mol. The van der Waals surface area contributed by atoms with E-state index in [0.717, 1.165) is 0 Å². The molecule has 52 valence electrons. The molecule has 0 amide bonds. The number of hydrogen-bond donors (Lipinski definition) is 0. The molecule has 0 fully saturated rings. The predicted octanol–water partition coefficient (Wildman–Crippen LogP) is 0.573. The third-order valence-electron chi connectivity index (χ3n) is 0.167. The van der Waals surface area contributed by atoms with Crippen LogP contribution < -0.4 is 0 Å². The topological polar surface area (TPSA) is 0 Å². The van der Waals surface area contributed by atoms with Gasteiger partial charge in [-0.1, -0.05) is 0 Å². The first kappa shape index (κ1) is 32.6. The molecule has 0 unspecified atom stereocenters. The second-order valence-electron chi connectivity index (χ2n) is 0.524. The van der Waals surface area contributed by atoms with Crippen LogP contribution in [0.4, 0.5) is 0 Å². The van der Waals surface area contributed by atoms with Crippen LogP contribution in [-0.4, -0.2) is 39.9 Å². The van der Waals surface area contributed by atoms with Crippen molar-refractivity contribution in [2.45, 2.75) is 4.44 Å². The molecule has 0 bridgehead atoms. The largest absolute Gasteiger partial charge is 0.187 e. The Balaban J connectivity index is -0.00000000750. The van der Waals surface area contributed by atoms with E-state index in [0.29, 0.717) is 0 Å². The van der Waals surface area contributed by atoms with E-state index in [1.54, 1.807) is 0 Å². The molecule has 0 aromatic carbocycles. The number of hydrogen-bond acceptors (Lipinski definition) is 0. The standard InChI is InChI=1S/C3H5.Al.3ClH.Sn.4H/c1-3-2;;;;;;;;;/h3H,1-2H2;;3*1H;;;;;. The summed E-state index contributed by atoms with van der Waals surface area (Å²) in [6.45, 7) is 3.51. The van der Waals surface area contributed by atoms with Crippen molar-refractivity contribution in [3.05, 3.63) is 12.7 Å². The van der Waals surface area contributed by atoms with Gasteiger partial charge in [0.15, 0.2) is 17.4 Å². The Morgan fingerprint density at radius 1 is 1.25 bits per heavy atom. The van der Waals surface area contributed by atoms with Gasteiger partial charge in [-0.05, 0) is 0 Å². The quantitative estimate of drug-likeness (QED) is 0.491. The monoisotopic (exact) mass is 300 g/mol. The minimum absolute atomic E-state index is 0. The van der Waals surface area contributed by atoms with E-state index in [9.17, 15) is 0 Å². The van der Waals surface area contributed by atoms with Gasteiger partial charge in [-0.15, -0.1) is 37.2 Å². The summed E-state index contributed by atoms with van der Waals surface area (Å²) >= 11 is 1.32. The predicted molar refractivity (Wildman–Crippen MR) is 53.8 cm³/mol. The first-order valence-corrected chi connectivity index (χ1v) is 3.56. The number of rotatable bonds is 1. The smallest absolute Gasteiger partial charge is 0.147 e. The van der Waals surface area contributed by atoms with Crippen molar-refractivity contribution in [1.82, 2.24) is 0 Å². The van der Waals surface area contributed by atoms with Gasteiger partial charge >= 0.3 is 39.6 Å². The third-order valence-corrected chi connectivity index (χ3v) is 1.12. The van der Waals surface area contributed by atoms with Crippen molar-refractivity contribution in [2.75, 3.05) is 0 Å². The van der Waals surface area contributed by atoms with E-state index in [-0.39, 0.29) is 54.6 Å². The molecule has 0 atom stereocenters. The molecule has 8 heavy (non-hydrogen) atoms. The zero-order chi connectivity index (χ0) is 3.41. The molecule has 0 aromatic rings. The van der Waals surface area contributed by atoms with Crippen LogP contribution in [0.2, 0.25) is 4.44 Å². The summed E-state index contributed by atoms with van der Waals surface area (Å²) in [5.41, 5.74) is 0. The molecule has 0 aromatic heterocycles. The van der Waals surface area contributed by atoms with Crippen molar-refractivity contribution < 1.29 is 0 Å². The zero-order valence-corrected chi connectivity index (χ0v) is 9.54.